The van der Waals surface area contributed by atoms with Gasteiger partial charge in [-0.1, -0.05) is 194 Å². The van der Waals surface area contributed by atoms with Crippen molar-refractivity contribution < 1.29 is 0 Å². The Kier molecular flexibility index (Phi) is 8.88. The SMILES string of the molecule is c1ccc(-c2ccc(N(c3ccc4c(c3)C(c3ccccc3)(c3ccccc3)c3ccccc3-4)c3ccc4c(c3)S(c3ccccc3)(c3ccccc3)c3ccccc3-4)cc2)cc1. The average molecular weight is 822 g/mol. The molecule has 0 aromatic heterocycles. The lowest BCUT2D eigenvalue weighted by Gasteiger charge is -2.40. The topological polar surface area (TPSA) is 3.24 Å². The third-order valence-electron chi connectivity index (χ3n) is 13.2. The van der Waals surface area contributed by atoms with Crippen LogP contribution in [0, 0.1) is 0 Å². The predicted molar refractivity (Wildman–Crippen MR) is 263 cm³/mol. The van der Waals surface area contributed by atoms with Crippen LogP contribution in [0.2, 0.25) is 0 Å². The molecular formula is C61H43NS. The molecule has 0 fully saturated rings. The zero-order chi connectivity index (χ0) is 41.8. The fourth-order valence-electron chi connectivity index (χ4n) is 10.5. The normalized spacial score (nSPS) is 14.2. The van der Waals surface area contributed by atoms with Crippen LogP contribution in [-0.4, -0.2) is 0 Å². The molecule has 2 heteroatoms. The molecule has 1 aliphatic heterocycles. The van der Waals surface area contributed by atoms with Crippen LogP contribution in [0.4, 0.5) is 17.1 Å². The van der Waals surface area contributed by atoms with Crippen molar-refractivity contribution in [2.45, 2.75) is 25.0 Å². The summed E-state index contributed by atoms with van der Waals surface area (Å²) in [5.74, 6) is 0. The van der Waals surface area contributed by atoms with Gasteiger partial charge >= 0.3 is 0 Å². The lowest BCUT2D eigenvalue weighted by atomic mass is 9.67. The van der Waals surface area contributed by atoms with Gasteiger partial charge < -0.3 is 4.90 Å². The average Bonchev–Trinajstić information content (AvgIpc) is 3.83. The molecule has 0 saturated heterocycles. The van der Waals surface area contributed by atoms with Gasteiger partial charge in [-0.3, -0.25) is 0 Å². The van der Waals surface area contributed by atoms with Gasteiger partial charge in [-0.25, -0.2) is 0 Å². The molecule has 1 nitrogen and oxygen atoms in total. The van der Waals surface area contributed by atoms with E-state index in [0.29, 0.717) is 0 Å². The number of rotatable bonds is 8. The number of nitrogens with zero attached hydrogens (tertiary/aromatic N) is 1. The summed E-state index contributed by atoms with van der Waals surface area (Å²) >= 11 is 0. The molecule has 0 saturated carbocycles. The fraction of sp³-hybridized carbons (Fsp3) is 0.0164. The molecule has 10 aromatic rings. The molecule has 0 unspecified atom stereocenters. The van der Waals surface area contributed by atoms with Crippen molar-refractivity contribution in [3.63, 3.8) is 0 Å². The van der Waals surface area contributed by atoms with E-state index in [9.17, 15) is 0 Å². The Bertz CT molecular complexity index is 2990. The maximum atomic E-state index is 2.51. The van der Waals surface area contributed by atoms with E-state index in [2.05, 4.69) is 266 Å². The van der Waals surface area contributed by atoms with Gasteiger partial charge in [-0.05, 0) is 122 Å². The quantitative estimate of drug-likeness (QED) is 0.148. The molecule has 298 valence electrons. The Morgan fingerprint density at radius 2 is 0.714 bits per heavy atom. The zero-order valence-corrected chi connectivity index (χ0v) is 35.5. The van der Waals surface area contributed by atoms with E-state index in [4.69, 9.17) is 0 Å². The molecule has 0 amide bonds. The summed E-state index contributed by atoms with van der Waals surface area (Å²) in [5.41, 5.74) is 15.5. The Morgan fingerprint density at radius 1 is 0.286 bits per heavy atom. The van der Waals surface area contributed by atoms with Gasteiger partial charge in [0.15, 0.2) is 0 Å². The lowest BCUT2D eigenvalue weighted by Crippen LogP contribution is -2.28. The van der Waals surface area contributed by atoms with Gasteiger partial charge in [0.25, 0.3) is 0 Å². The summed E-state index contributed by atoms with van der Waals surface area (Å²) in [4.78, 5) is 7.91. The van der Waals surface area contributed by atoms with Crippen LogP contribution in [0.25, 0.3) is 33.4 Å². The molecule has 0 radical (unpaired) electrons. The maximum Gasteiger partial charge on any atom is 0.0714 e. The molecule has 0 bridgehead atoms. The number of fused-ring (bicyclic) bond motifs is 6. The Labute approximate surface area is 371 Å². The molecular weight excluding hydrogens is 779 g/mol. The summed E-state index contributed by atoms with van der Waals surface area (Å²) in [6.45, 7) is 0. The molecule has 1 heterocycles. The van der Waals surface area contributed by atoms with E-state index in [1.807, 2.05) is 0 Å². The Balaban J connectivity index is 1.13. The summed E-state index contributed by atoms with van der Waals surface area (Å²) in [5, 5.41) is 0. The van der Waals surface area contributed by atoms with Crippen LogP contribution < -0.4 is 4.90 Å². The van der Waals surface area contributed by atoms with Crippen LogP contribution in [0.15, 0.2) is 280 Å². The van der Waals surface area contributed by atoms with Gasteiger partial charge in [-0.2, -0.15) is 0 Å². The van der Waals surface area contributed by atoms with Gasteiger partial charge in [0.1, 0.15) is 0 Å². The summed E-state index contributed by atoms with van der Waals surface area (Å²) < 4.78 is 0. The van der Waals surface area contributed by atoms with E-state index < -0.39 is 15.4 Å². The van der Waals surface area contributed by atoms with E-state index >= 15 is 0 Å². The summed E-state index contributed by atoms with van der Waals surface area (Å²) in [7, 11) is -1.86. The van der Waals surface area contributed by atoms with Crippen LogP contribution >= 0.6 is 10.0 Å². The number of hydrogen-bond acceptors (Lipinski definition) is 1. The second kappa shape index (κ2) is 15.1. The van der Waals surface area contributed by atoms with E-state index in [1.165, 1.54) is 75.2 Å². The number of anilines is 3. The molecule has 12 rings (SSSR count). The van der Waals surface area contributed by atoms with E-state index in [-0.39, 0.29) is 0 Å². The van der Waals surface area contributed by atoms with Gasteiger partial charge in [0.05, 0.1) is 5.41 Å². The second-order valence-electron chi connectivity index (χ2n) is 16.4. The van der Waals surface area contributed by atoms with Crippen LogP contribution in [0.5, 0.6) is 0 Å². The first kappa shape index (κ1) is 37.1. The largest absolute Gasteiger partial charge is 0.310 e. The van der Waals surface area contributed by atoms with Crippen molar-refractivity contribution in [3.05, 3.63) is 283 Å². The maximum absolute atomic E-state index is 2.51. The van der Waals surface area contributed by atoms with Crippen molar-refractivity contribution in [2.75, 3.05) is 4.90 Å². The van der Waals surface area contributed by atoms with Gasteiger partial charge in [0.2, 0.25) is 0 Å². The molecule has 0 atom stereocenters. The monoisotopic (exact) mass is 821 g/mol. The van der Waals surface area contributed by atoms with Crippen LogP contribution in [0.1, 0.15) is 22.3 Å². The van der Waals surface area contributed by atoms with Crippen molar-refractivity contribution in [3.8, 4) is 33.4 Å². The molecule has 10 aromatic carbocycles. The first-order valence-electron chi connectivity index (χ1n) is 21.7. The van der Waals surface area contributed by atoms with Gasteiger partial charge in [0, 0.05) is 36.6 Å². The summed E-state index contributed by atoms with van der Waals surface area (Å²) in [6.07, 6.45) is 0. The Morgan fingerprint density at radius 3 is 1.33 bits per heavy atom. The highest BCUT2D eigenvalue weighted by molar-refractivity contribution is 8.34. The first-order chi connectivity index (χ1) is 31.3. The highest BCUT2D eigenvalue weighted by Crippen LogP contribution is 2.80. The van der Waals surface area contributed by atoms with Crippen molar-refractivity contribution >= 4 is 27.1 Å². The van der Waals surface area contributed by atoms with Crippen molar-refractivity contribution in [2.24, 2.45) is 0 Å². The second-order valence-corrected chi connectivity index (χ2v) is 19.5. The van der Waals surface area contributed by atoms with Crippen LogP contribution in [-0.2, 0) is 5.41 Å². The highest BCUT2D eigenvalue weighted by Gasteiger charge is 2.47. The standard InChI is InChI=1S/C61H43NS/c1-6-20-44(21-7-1)45-34-36-48(37-35-45)62(49-38-40-54-53-30-16-18-32-57(53)61(58(54)42-49,46-22-8-2-9-23-46)47-24-10-3-11-25-47)50-39-41-56-55-31-17-19-33-59(55)63(60(56)43-50,51-26-12-4-13-27-51)52-28-14-5-15-29-52/h1-43H. The minimum absolute atomic E-state index is 0.521. The highest BCUT2D eigenvalue weighted by atomic mass is 32.3. The minimum Gasteiger partial charge on any atom is -0.310 e. The van der Waals surface area contributed by atoms with E-state index in [1.54, 1.807) is 0 Å². The third kappa shape index (κ3) is 5.65. The number of hydrogen-bond donors (Lipinski definition) is 0. The minimum atomic E-state index is -1.86. The molecule has 2 aliphatic rings. The molecule has 63 heavy (non-hydrogen) atoms. The number of benzene rings is 10. The Hall–Kier alpha value is -7.65. The zero-order valence-electron chi connectivity index (χ0n) is 34.7. The third-order valence-corrected chi connectivity index (χ3v) is 17.2. The van der Waals surface area contributed by atoms with Crippen LogP contribution in [0.3, 0.4) is 0 Å². The molecule has 0 spiro atoms. The van der Waals surface area contributed by atoms with E-state index in [0.717, 1.165) is 17.1 Å². The smallest absolute Gasteiger partial charge is 0.0714 e. The molecule has 0 N–H and O–H groups in total. The van der Waals surface area contributed by atoms with Gasteiger partial charge in [-0.15, -0.1) is 10.0 Å². The first-order valence-corrected chi connectivity index (χ1v) is 23.4. The fourth-order valence-corrected chi connectivity index (χ4v) is 14.8. The predicted octanol–water partition coefficient (Wildman–Crippen LogP) is 16.5. The molecule has 1 aliphatic carbocycles. The van der Waals surface area contributed by atoms with Crippen molar-refractivity contribution in [1.82, 2.24) is 0 Å². The lowest BCUT2D eigenvalue weighted by molar-refractivity contribution is 0.768. The summed E-state index contributed by atoms with van der Waals surface area (Å²) in [6, 6.07) is 97.0. The van der Waals surface area contributed by atoms with Crippen molar-refractivity contribution in [1.29, 1.82) is 0 Å².